The molecule has 0 aliphatic carbocycles. The van der Waals surface area contributed by atoms with E-state index in [0.29, 0.717) is 18.9 Å². The van der Waals surface area contributed by atoms with Crippen LogP contribution in [0.1, 0.15) is 5.56 Å². The van der Waals surface area contributed by atoms with E-state index in [9.17, 15) is 9.18 Å². The van der Waals surface area contributed by atoms with Crippen LogP contribution in [-0.4, -0.2) is 29.0 Å². The van der Waals surface area contributed by atoms with E-state index >= 15 is 0 Å². The minimum atomic E-state index is -0.299. The summed E-state index contributed by atoms with van der Waals surface area (Å²) in [7, 11) is 0. The van der Waals surface area contributed by atoms with E-state index in [0.717, 1.165) is 5.56 Å². The molecule has 0 spiro atoms. The SMILES string of the molecule is O=C(/C=C/c1ccc(F)cc1)NCCNc1cnccn1. The number of carbonyl (C=O) groups excluding carboxylic acids is 1. The van der Waals surface area contributed by atoms with Crippen LogP contribution in [-0.2, 0) is 4.79 Å². The normalized spacial score (nSPS) is 10.5. The molecule has 21 heavy (non-hydrogen) atoms. The van der Waals surface area contributed by atoms with Gasteiger partial charge in [0.05, 0.1) is 6.20 Å². The lowest BCUT2D eigenvalue weighted by Crippen LogP contribution is -2.27. The highest BCUT2D eigenvalue weighted by atomic mass is 19.1. The van der Waals surface area contributed by atoms with Gasteiger partial charge in [-0.15, -0.1) is 0 Å². The second-order valence-electron chi connectivity index (χ2n) is 4.19. The third kappa shape index (κ3) is 5.40. The zero-order valence-corrected chi connectivity index (χ0v) is 11.3. The summed E-state index contributed by atoms with van der Waals surface area (Å²) in [5.74, 6) is 0.153. The Labute approximate surface area is 121 Å². The summed E-state index contributed by atoms with van der Waals surface area (Å²) in [4.78, 5) is 19.5. The molecule has 1 aromatic heterocycles. The molecule has 0 radical (unpaired) electrons. The molecule has 2 N–H and O–H groups in total. The molecule has 0 unspecified atom stereocenters. The first-order chi connectivity index (χ1) is 10.2. The predicted molar refractivity (Wildman–Crippen MR) is 79.0 cm³/mol. The summed E-state index contributed by atoms with van der Waals surface area (Å²) in [6.45, 7) is 1.01. The molecule has 2 rings (SSSR count). The first kappa shape index (κ1) is 14.6. The minimum Gasteiger partial charge on any atom is -0.367 e. The first-order valence-corrected chi connectivity index (χ1v) is 6.45. The number of amides is 1. The zero-order chi connectivity index (χ0) is 14.9. The average molecular weight is 286 g/mol. The van der Waals surface area contributed by atoms with Gasteiger partial charge in [0.15, 0.2) is 0 Å². The Morgan fingerprint density at radius 1 is 1.19 bits per heavy atom. The molecule has 2 aromatic rings. The van der Waals surface area contributed by atoms with Crippen LogP contribution in [0, 0.1) is 5.82 Å². The van der Waals surface area contributed by atoms with Crippen molar-refractivity contribution in [1.82, 2.24) is 15.3 Å². The van der Waals surface area contributed by atoms with Crippen molar-refractivity contribution in [2.45, 2.75) is 0 Å². The molecule has 1 heterocycles. The number of anilines is 1. The number of halogens is 1. The van der Waals surface area contributed by atoms with Crippen molar-refractivity contribution in [2.24, 2.45) is 0 Å². The number of hydrogen-bond acceptors (Lipinski definition) is 4. The average Bonchev–Trinajstić information content (AvgIpc) is 2.52. The van der Waals surface area contributed by atoms with Gasteiger partial charge in [0.1, 0.15) is 11.6 Å². The zero-order valence-electron chi connectivity index (χ0n) is 11.3. The first-order valence-electron chi connectivity index (χ1n) is 6.45. The van der Waals surface area contributed by atoms with Gasteiger partial charge >= 0.3 is 0 Å². The monoisotopic (exact) mass is 286 g/mol. The number of nitrogens with zero attached hydrogens (tertiary/aromatic N) is 2. The van der Waals surface area contributed by atoms with Crippen LogP contribution in [0.15, 0.2) is 48.9 Å². The lowest BCUT2D eigenvalue weighted by atomic mass is 10.2. The number of rotatable bonds is 6. The van der Waals surface area contributed by atoms with Crippen LogP contribution in [0.2, 0.25) is 0 Å². The lowest BCUT2D eigenvalue weighted by molar-refractivity contribution is -0.116. The summed E-state index contributed by atoms with van der Waals surface area (Å²) in [5.41, 5.74) is 0.768. The van der Waals surface area contributed by atoms with Gasteiger partial charge in [-0.1, -0.05) is 12.1 Å². The summed E-state index contributed by atoms with van der Waals surface area (Å²) in [5, 5.41) is 5.75. The fraction of sp³-hybridized carbons (Fsp3) is 0.133. The Hall–Kier alpha value is -2.76. The smallest absolute Gasteiger partial charge is 0.244 e. The summed E-state index contributed by atoms with van der Waals surface area (Å²) in [6.07, 6.45) is 7.83. The third-order valence-electron chi connectivity index (χ3n) is 2.59. The third-order valence-corrected chi connectivity index (χ3v) is 2.59. The molecule has 0 aliphatic rings. The molecule has 0 saturated heterocycles. The fourth-order valence-corrected chi connectivity index (χ4v) is 1.57. The number of aromatic nitrogens is 2. The Morgan fingerprint density at radius 2 is 2.00 bits per heavy atom. The Balaban J connectivity index is 1.69. The summed E-state index contributed by atoms with van der Waals surface area (Å²) < 4.78 is 12.7. The molecular formula is C15H15FN4O. The van der Waals surface area contributed by atoms with Crippen LogP contribution < -0.4 is 10.6 Å². The largest absolute Gasteiger partial charge is 0.367 e. The van der Waals surface area contributed by atoms with Crippen LogP contribution in [0.3, 0.4) is 0 Å². The molecule has 1 aromatic carbocycles. The van der Waals surface area contributed by atoms with Crippen LogP contribution >= 0.6 is 0 Å². The van der Waals surface area contributed by atoms with Gasteiger partial charge in [-0.2, -0.15) is 0 Å². The van der Waals surface area contributed by atoms with E-state index < -0.39 is 0 Å². The molecule has 0 saturated carbocycles. The van der Waals surface area contributed by atoms with Gasteiger partial charge in [-0.3, -0.25) is 9.78 Å². The molecule has 0 atom stereocenters. The van der Waals surface area contributed by atoms with Crippen molar-refractivity contribution in [1.29, 1.82) is 0 Å². The molecule has 0 bridgehead atoms. The van der Waals surface area contributed by atoms with Gasteiger partial charge in [0, 0.05) is 31.6 Å². The number of hydrogen-bond donors (Lipinski definition) is 2. The number of nitrogens with one attached hydrogen (secondary N) is 2. The topological polar surface area (TPSA) is 66.9 Å². The van der Waals surface area contributed by atoms with E-state index in [1.807, 2.05) is 0 Å². The standard InChI is InChI=1S/C15H15FN4O/c16-13-4-1-12(2-5-13)3-6-15(21)20-10-9-19-14-11-17-7-8-18-14/h1-8,11H,9-10H2,(H,18,19)(H,20,21)/b6-3+. The molecule has 0 aliphatic heterocycles. The van der Waals surface area contributed by atoms with Crippen molar-refractivity contribution in [3.8, 4) is 0 Å². The number of carbonyl (C=O) groups is 1. The van der Waals surface area contributed by atoms with Crippen molar-refractivity contribution >= 4 is 17.8 Å². The van der Waals surface area contributed by atoms with E-state index in [1.54, 1.807) is 36.8 Å². The van der Waals surface area contributed by atoms with E-state index in [2.05, 4.69) is 20.6 Å². The second kappa shape index (κ2) is 7.74. The molecule has 5 nitrogen and oxygen atoms in total. The molecule has 108 valence electrons. The Morgan fingerprint density at radius 3 is 2.71 bits per heavy atom. The van der Waals surface area contributed by atoms with E-state index in [4.69, 9.17) is 0 Å². The lowest BCUT2D eigenvalue weighted by Gasteiger charge is -2.04. The van der Waals surface area contributed by atoms with Crippen molar-refractivity contribution < 1.29 is 9.18 Å². The van der Waals surface area contributed by atoms with Crippen molar-refractivity contribution in [3.05, 3.63) is 60.3 Å². The number of benzene rings is 1. The quantitative estimate of drug-likeness (QED) is 0.628. The van der Waals surface area contributed by atoms with Crippen LogP contribution in [0.25, 0.3) is 6.08 Å². The van der Waals surface area contributed by atoms with E-state index in [1.165, 1.54) is 18.2 Å². The molecule has 0 fully saturated rings. The minimum absolute atomic E-state index is 0.208. The van der Waals surface area contributed by atoms with Crippen LogP contribution in [0.4, 0.5) is 10.2 Å². The van der Waals surface area contributed by atoms with Gasteiger partial charge in [0.25, 0.3) is 0 Å². The van der Waals surface area contributed by atoms with Crippen molar-refractivity contribution in [2.75, 3.05) is 18.4 Å². The van der Waals surface area contributed by atoms with Crippen molar-refractivity contribution in [3.63, 3.8) is 0 Å². The Kier molecular flexibility index (Phi) is 5.40. The maximum Gasteiger partial charge on any atom is 0.244 e. The van der Waals surface area contributed by atoms with Crippen LogP contribution in [0.5, 0.6) is 0 Å². The Bertz CT molecular complexity index is 599. The predicted octanol–water partition coefficient (Wildman–Crippen LogP) is 1.86. The van der Waals surface area contributed by atoms with Gasteiger partial charge in [-0.25, -0.2) is 9.37 Å². The maximum absolute atomic E-state index is 12.7. The van der Waals surface area contributed by atoms with Gasteiger partial charge < -0.3 is 10.6 Å². The summed E-state index contributed by atoms with van der Waals surface area (Å²) in [6, 6.07) is 5.91. The van der Waals surface area contributed by atoms with E-state index in [-0.39, 0.29) is 11.7 Å². The van der Waals surface area contributed by atoms with Gasteiger partial charge in [0.2, 0.25) is 5.91 Å². The maximum atomic E-state index is 12.7. The molecular weight excluding hydrogens is 271 g/mol. The second-order valence-corrected chi connectivity index (χ2v) is 4.19. The summed E-state index contributed by atoms with van der Waals surface area (Å²) >= 11 is 0. The molecule has 1 amide bonds. The highest BCUT2D eigenvalue weighted by Gasteiger charge is 1.96. The highest BCUT2D eigenvalue weighted by Crippen LogP contribution is 2.04. The fourth-order valence-electron chi connectivity index (χ4n) is 1.57. The molecule has 6 heteroatoms. The highest BCUT2D eigenvalue weighted by molar-refractivity contribution is 5.91. The van der Waals surface area contributed by atoms with Gasteiger partial charge in [-0.05, 0) is 23.8 Å².